The fourth-order valence-electron chi connectivity index (χ4n) is 2.66. The third kappa shape index (κ3) is 5.33. The summed E-state index contributed by atoms with van der Waals surface area (Å²) in [7, 11) is -3.84. The van der Waals surface area contributed by atoms with Gasteiger partial charge < -0.3 is 9.88 Å². The summed E-state index contributed by atoms with van der Waals surface area (Å²) in [6.07, 6.45) is 2.16. The zero-order chi connectivity index (χ0) is 20.9. The van der Waals surface area contributed by atoms with Gasteiger partial charge in [-0.1, -0.05) is 17.7 Å². The van der Waals surface area contributed by atoms with Gasteiger partial charge in [0.15, 0.2) is 0 Å². The Morgan fingerprint density at radius 1 is 1.17 bits per heavy atom. The van der Waals surface area contributed by atoms with Crippen LogP contribution in [0.2, 0.25) is 5.02 Å². The van der Waals surface area contributed by atoms with E-state index in [0.29, 0.717) is 23.7 Å². The number of nitrogens with zero attached hydrogens (tertiary/aromatic N) is 3. The van der Waals surface area contributed by atoms with Crippen molar-refractivity contribution in [3.63, 3.8) is 0 Å². The highest BCUT2D eigenvalue weighted by atomic mass is 35.5. The van der Waals surface area contributed by atoms with E-state index in [2.05, 4.69) is 20.2 Å². The van der Waals surface area contributed by atoms with Gasteiger partial charge >= 0.3 is 0 Å². The van der Waals surface area contributed by atoms with E-state index in [1.54, 1.807) is 36.7 Å². The topological polar surface area (TPSA) is 106 Å². The zero-order valence-corrected chi connectivity index (χ0v) is 17.2. The Labute approximate surface area is 174 Å². The quantitative estimate of drug-likeness (QED) is 0.568. The number of anilines is 1. The molecular weight excluding hydrogens is 414 g/mol. The lowest BCUT2D eigenvalue weighted by molar-refractivity contribution is 0.0953. The maximum atomic E-state index is 12.6. The van der Waals surface area contributed by atoms with E-state index < -0.39 is 10.0 Å². The Morgan fingerprint density at radius 3 is 2.66 bits per heavy atom. The number of rotatable bonds is 8. The first-order chi connectivity index (χ1) is 13.9. The van der Waals surface area contributed by atoms with Gasteiger partial charge in [0.1, 0.15) is 12.2 Å². The standard InChI is InChI=1S/C19H20ClN5O3S/c1-2-25-13-22-23-18(25)10-11-21-19(26)14-4-3-5-17(12-14)29(27,28)24-16-8-6-15(20)7-9-16/h3-9,12-13,24H,2,10-11H2,1H3,(H,21,26). The zero-order valence-electron chi connectivity index (χ0n) is 15.7. The highest BCUT2D eigenvalue weighted by molar-refractivity contribution is 7.92. The number of halogens is 1. The summed E-state index contributed by atoms with van der Waals surface area (Å²) in [5, 5.41) is 11.1. The maximum absolute atomic E-state index is 12.6. The van der Waals surface area contributed by atoms with E-state index in [1.165, 1.54) is 18.2 Å². The SMILES string of the molecule is CCn1cnnc1CCNC(=O)c1cccc(S(=O)(=O)Nc2ccc(Cl)cc2)c1. The molecular formula is C19H20ClN5O3S. The summed E-state index contributed by atoms with van der Waals surface area (Å²) < 4.78 is 29.6. The van der Waals surface area contributed by atoms with Crippen molar-refractivity contribution in [3.05, 3.63) is 71.3 Å². The van der Waals surface area contributed by atoms with E-state index in [4.69, 9.17) is 11.6 Å². The number of aryl methyl sites for hydroxylation is 1. The van der Waals surface area contributed by atoms with Gasteiger partial charge in [-0.05, 0) is 49.4 Å². The fraction of sp³-hybridized carbons (Fsp3) is 0.211. The third-order valence-electron chi connectivity index (χ3n) is 4.17. The average Bonchev–Trinajstić information content (AvgIpc) is 3.17. The van der Waals surface area contributed by atoms with Crippen LogP contribution in [0.5, 0.6) is 0 Å². The summed E-state index contributed by atoms with van der Waals surface area (Å²) in [5.74, 6) is 0.410. The third-order valence-corrected chi connectivity index (χ3v) is 5.80. The summed E-state index contributed by atoms with van der Waals surface area (Å²) in [4.78, 5) is 12.4. The lowest BCUT2D eigenvalue weighted by Gasteiger charge is -2.10. The molecule has 2 aromatic carbocycles. The van der Waals surface area contributed by atoms with E-state index in [9.17, 15) is 13.2 Å². The summed E-state index contributed by atoms with van der Waals surface area (Å²) in [6, 6.07) is 12.1. The molecule has 3 aromatic rings. The first-order valence-electron chi connectivity index (χ1n) is 8.92. The van der Waals surface area contributed by atoms with Gasteiger partial charge in [-0.3, -0.25) is 9.52 Å². The maximum Gasteiger partial charge on any atom is 0.261 e. The predicted octanol–water partition coefficient (Wildman–Crippen LogP) is 2.72. The Morgan fingerprint density at radius 2 is 1.93 bits per heavy atom. The molecule has 0 bridgehead atoms. The Kier molecular flexibility index (Phi) is 6.50. The molecule has 1 heterocycles. The first kappa shape index (κ1) is 20.8. The number of aromatic nitrogens is 3. The van der Waals surface area contributed by atoms with Crippen LogP contribution < -0.4 is 10.0 Å². The molecule has 29 heavy (non-hydrogen) atoms. The molecule has 0 aliphatic heterocycles. The number of benzene rings is 2. The van der Waals surface area contributed by atoms with Crippen LogP contribution >= 0.6 is 11.6 Å². The van der Waals surface area contributed by atoms with Crippen molar-refractivity contribution < 1.29 is 13.2 Å². The molecule has 0 aliphatic rings. The molecule has 0 saturated carbocycles. The number of sulfonamides is 1. The molecule has 0 atom stereocenters. The minimum Gasteiger partial charge on any atom is -0.352 e. The van der Waals surface area contributed by atoms with Crippen LogP contribution in [0.4, 0.5) is 5.69 Å². The van der Waals surface area contributed by atoms with E-state index in [-0.39, 0.29) is 16.4 Å². The smallest absolute Gasteiger partial charge is 0.261 e. The normalized spacial score (nSPS) is 11.2. The van der Waals surface area contributed by atoms with Crippen molar-refractivity contribution in [2.75, 3.05) is 11.3 Å². The number of amides is 1. The molecule has 0 spiro atoms. The number of carbonyl (C=O) groups excluding carboxylic acids is 1. The van der Waals surface area contributed by atoms with Crippen LogP contribution in [-0.4, -0.2) is 35.6 Å². The molecule has 0 unspecified atom stereocenters. The van der Waals surface area contributed by atoms with Crippen molar-refractivity contribution in [2.45, 2.75) is 24.8 Å². The van der Waals surface area contributed by atoms with Crippen molar-refractivity contribution in [3.8, 4) is 0 Å². The lowest BCUT2D eigenvalue weighted by atomic mass is 10.2. The van der Waals surface area contributed by atoms with Crippen LogP contribution in [0.25, 0.3) is 0 Å². The fourth-order valence-corrected chi connectivity index (χ4v) is 3.89. The number of hydrogen-bond donors (Lipinski definition) is 2. The van der Waals surface area contributed by atoms with Crippen LogP contribution in [0, 0.1) is 0 Å². The molecule has 152 valence electrons. The Hall–Kier alpha value is -2.91. The van der Waals surface area contributed by atoms with Crippen molar-refractivity contribution in [2.24, 2.45) is 0 Å². The van der Waals surface area contributed by atoms with Gasteiger partial charge in [-0.15, -0.1) is 10.2 Å². The molecule has 8 nitrogen and oxygen atoms in total. The minimum absolute atomic E-state index is 0.00849. The summed E-state index contributed by atoms with van der Waals surface area (Å²) in [5.41, 5.74) is 0.630. The van der Waals surface area contributed by atoms with E-state index in [1.807, 2.05) is 11.5 Å². The van der Waals surface area contributed by atoms with Crippen LogP contribution in [0.3, 0.4) is 0 Å². The van der Waals surface area contributed by atoms with Gasteiger partial charge in [0, 0.05) is 35.8 Å². The van der Waals surface area contributed by atoms with Crippen LogP contribution in [-0.2, 0) is 23.0 Å². The highest BCUT2D eigenvalue weighted by Gasteiger charge is 2.16. The molecule has 10 heteroatoms. The molecule has 0 fully saturated rings. The van der Waals surface area contributed by atoms with Crippen LogP contribution in [0.15, 0.2) is 59.8 Å². The van der Waals surface area contributed by atoms with Crippen LogP contribution in [0.1, 0.15) is 23.1 Å². The van der Waals surface area contributed by atoms with Crippen molar-refractivity contribution in [1.82, 2.24) is 20.1 Å². The lowest BCUT2D eigenvalue weighted by Crippen LogP contribution is -2.26. The average molecular weight is 434 g/mol. The molecule has 0 radical (unpaired) electrons. The second-order valence-corrected chi connectivity index (χ2v) is 8.30. The first-order valence-corrected chi connectivity index (χ1v) is 10.8. The van der Waals surface area contributed by atoms with Gasteiger partial charge in [0.25, 0.3) is 15.9 Å². The summed E-state index contributed by atoms with van der Waals surface area (Å²) >= 11 is 5.82. The largest absolute Gasteiger partial charge is 0.352 e. The molecule has 0 saturated heterocycles. The molecule has 1 amide bonds. The van der Waals surface area contributed by atoms with Crippen molar-refractivity contribution >= 4 is 33.2 Å². The number of carbonyl (C=O) groups is 1. The Balaban J connectivity index is 1.66. The highest BCUT2D eigenvalue weighted by Crippen LogP contribution is 2.19. The second kappa shape index (κ2) is 9.06. The molecule has 0 aliphatic carbocycles. The van der Waals surface area contributed by atoms with Crippen molar-refractivity contribution in [1.29, 1.82) is 0 Å². The molecule has 1 aromatic heterocycles. The number of nitrogens with one attached hydrogen (secondary N) is 2. The summed E-state index contributed by atoms with van der Waals surface area (Å²) in [6.45, 7) is 3.09. The van der Waals surface area contributed by atoms with Gasteiger partial charge in [-0.25, -0.2) is 8.42 Å². The van der Waals surface area contributed by atoms with E-state index >= 15 is 0 Å². The Bertz CT molecular complexity index is 1100. The van der Waals surface area contributed by atoms with Gasteiger partial charge in [0.05, 0.1) is 4.90 Å². The predicted molar refractivity (Wildman–Crippen MR) is 110 cm³/mol. The molecule has 3 rings (SSSR count). The van der Waals surface area contributed by atoms with Gasteiger partial charge in [-0.2, -0.15) is 0 Å². The second-order valence-electron chi connectivity index (χ2n) is 6.18. The van der Waals surface area contributed by atoms with E-state index in [0.717, 1.165) is 12.4 Å². The van der Waals surface area contributed by atoms with Gasteiger partial charge in [0.2, 0.25) is 0 Å². The monoisotopic (exact) mass is 433 g/mol. The molecule has 2 N–H and O–H groups in total. The number of hydrogen-bond acceptors (Lipinski definition) is 5. The minimum atomic E-state index is -3.84.